The zero-order chi connectivity index (χ0) is 15.4. The Bertz CT molecular complexity index is 585. The van der Waals surface area contributed by atoms with Crippen LogP contribution < -0.4 is 10.2 Å². The molecule has 2 rings (SSSR count). The number of hydrogen-bond acceptors (Lipinski definition) is 2. The molecule has 0 bridgehead atoms. The Hall–Kier alpha value is -1.80. The molecule has 0 aliphatic rings. The van der Waals surface area contributed by atoms with Crippen molar-refractivity contribution in [2.24, 2.45) is 0 Å². The van der Waals surface area contributed by atoms with Crippen LogP contribution in [0.4, 0.5) is 11.4 Å². The Labute approximate surface area is 128 Å². The van der Waals surface area contributed by atoms with E-state index in [1.54, 1.807) is 0 Å². The van der Waals surface area contributed by atoms with Crippen LogP contribution in [0.15, 0.2) is 42.5 Å². The first-order valence-electron chi connectivity index (χ1n) is 7.60. The van der Waals surface area contributed by atoms with Gasteiger partial charge in [-0.2, -0.15) is 0 Å². The van der Waals surface area contributed by atoms with Gasteiger partial charge in [0.25, 0.3) is 0 Å². The van der Waals surface area contributed by atoms with Gasteiger partial charge in [0.15, 0.2) is 0 Å². The maximum absolute atomic E-state index is 3.46. The van der Waals surface area contributed by atoms with E-state index in [4.69, 9.17) is 0 Å². The van der Waals surface area contributed by atoms with Crippen molar-refractivity contribution in [2.75, 3.05) is 11.9 Å². The monoisotopic (exact) mass is 282 g/mol. The summed E-state index contributed by atoms with van der Waals surface area (Å²) in [6, 6.07) is 15.9. The molecule has 0 aromatic heterocycles. The molecule has 0 amide bonds. The summed E-state index contributed by atoms with van der Waals surface area (Å²) in [6.45, 7) is 9.57. The van der Waals surface area contributed by atoms with Gasteiger partial charge in [0.2, 0.25) is 0 Å². The van der Waals surface area contributed by atoms with E-state index < -0.39 is 0 Å². The number of aryl methyl sites for hydroxylation is 2. The molecule has 0 radical (unpaired) electrons. The second-order valence-corrected chi connectivity index (χ2v) is 6.05. The van der Waals surface area contributed by atoms with Crippen LogP contribution in [0.25, 0.3) is 0 Å². The van der Waals surface area contributed by atoms with Gasteiger partial charge in [-0.3, -0.25) is 0 Å². The molecular formula is C19H26N2. The van der Waals surface area contributed by atoms with Crippen LogP contribution in [0.5, 0.6) is 0 Å². The molecular weight excluding hydrogens is 256 g/mol. The fraction of sp³-hybridized carbons (Fsp3) is 0.368. The lowest BCUT2D eigenvalue weighted by Gasteiger charge is -2.22. The third kappa shape index (κ3) is 4.08. The number of nitrogens with one attached hydrogen (secondary N) is 1. The highest BCUT2D eigenvalue weighted by molar-refractivity contribution is 5.66. The van der Waals surface area contributed by atoms with Gasteiger partial charge in [-0.15, -0.1) is 0 Å². The molecule has 0 saturated carbocycles. The Morgan fingerprint density at radius 3 is 2.24 bits per heavy atom. The smallest absolute Gasteiger partial charge is 0.0438 e. The van der Waals surface area contributed by atoms with Gasteiger partial charge in [0.05, 0.1) is 0 Å². The molecule has 2 heteroatoms. The van der Waals surface area contributed by atoms with Crippen LogP contribution in [0.3, 0.4) is 0 Å². The van der Waals surface area contributed by atoms with Gasteiger partial charge in [0.1, 0.15) is 0 Å². The summed E-state index contributed by atoms with van der Waals surface area (Å²) in [6.07, 6.45) is 0. The first kappa shape index (κ1) is 15.6. The molecule has 0 unspecified atom stereocenters. The predicted molar refractivity (Wildman–Crippen MR) is 92.4 cm³/mol. The van der Waals surface area contributed by atoms with Crippen molar-refractivity contribution in [1.29, 1.82) is 0 Å². The molecule has 0 aliphatic heterocycles. The lowest BCUT2D eigenvalue weighted by atomic mass is 10.1. The van der Waals surface area contributed by atoms with Crippen molar-refractivity contribution in [1.82, 2.24) is 5.32 Å². The highest BCUT2D eigenvalue weighted by Gasteiger charge is 2.07. The quantitative estimate of drug-likeness (QED) is 0.864. The van der Waals surface area contributed by atoms with Gasteiger partial charge < -0.3 is 10.2 Å². The van der Waals surface area contributed by atoms with Crippen molar-refractivity contribution < 1.29 is 0 Å². The Morgan fingerprint density at radius 2 is 1.67 bits per heavy atom. The maximum Gasteiger partial charge on any atom is 0.0438 e. The second-order valence-electron chi connectivity index (χ2n) is 6.05. The number of nitrogens with zero attached hydrogens (tertiary/aromatic N) is 1. The molecule has 21 heavy (non-hydrogen) atoms. The predicted octanol–water partition coefficient (Wildman–Crippen LogP) is 4.57. The van der Waals surface area contributed by atoms with E-state index in [2.05, 4.69) is 87.4 Å². The van der Waals surface area contributed by atoms with Crippen LogP contribution in [0, 0.1) is 13.8 Å². The van der Waals surface area contributed by atoms with Gasteiger partial charge in [-0.05, 0) is 43.2 Å². The standard InChI is InChI=1S/C19H26N2/c1-14(2)20-13-17-8-11-19(16(4)12-17)21(5)18-9-6-15(3)7-10-18/h6-12,14,20H,13H2,1-5H3. The summed E-state index contributed by atoms with van der Waals surface area (Å²) in [5, 5.41) is 3.46. The van der Waals surface area contributed by atoms with E-state index in [1.165, 1.54) is 28.1 Å². The minimum absolute atomic E-state index is 0.514. The fourth-order valence-corrected chi connectivity index (χ4v) is 2.43. The number of benzene rings is 2. The van der Waals surface area contributed by atoms with Crippen LogP contribution in [0.2, 0.25) is 0 Å². The molecule has 0 atom stereocenters. The zero-order valence-corrected chi connectivity index (χ0v) is 13.8. The minimum atomic E-state index is 0.514. The van der Waals surface area contributed by atoms with Gasteiger partial charge >= 0.3 is 0 Å². The van der Waals surface area contributed by atoms with Crippen molar-refractivity contribution in [3.05, 3.63) is 59.2 Å². The van der Waals surface area contributed by atoms with Gasteiger partial charge in [-0.25, -0.2) is 0 Å². The summed E-state index contributed by atoms with van der Waals surface area (Å²) in [7, 11) is 2.12. The van der Waals surface area contributed by atoms with E-state index in [0.29, 0.717) is 6.04 Å². The minimum Gasteiger partial charge on any atom is -0.344 e. The van der Waals surface area contributed by atoms with E-state index in [1.807, 2.05) is 0 Å². The highest BCUT2D eigenvalue weighted by atomic mass is 15.1. The molecule has 0 saturated heterocycles. The summed E-state index contributed by atoms with van der Waals surface area (Å²) < 4.78 is 0. The molecule has 2 aromatic carbocycles. The van der Waals surface area contributed by atoms with Crippen LogP contribution in [0.1, 0.15) is 30.5 Å². The molecule has 112 valence electrons. The van der Waals surface area contributed by atoms with Crippen LogP contribution in [-0.4, -0.2) is 13.1 Å². The lowest BCUT2D eigenvalue weighted by molar-refractivity contribution is 0.588. The number of anilines is 2. The molecule has 0 spiro atoms. The average Bonchev–Trinajstić information content (AvgIpc) is 2.45. The topological polar surface area (TPSA) is 15.3 Å². The number of rotatable bonds is 5. The van der Waals surface area contributed by atoms with Crippen molar-refractivity contribution in [3.63, 3.8) is 0 Å². The van der Waals surface area contributed by atoms with Crippen molar-refractivity contribution in [2.45, 2.75) is 40.3 Å². The molecule has 2 nitrogen and oxygen atoms in total. The van der Waals surface area contributed by atoms with E-state index in [0.717, 1.165) is 6.54 Å². The third-order valence-corrected chi connectivity index (χ3v) is 3.76. The fourth-order valence-electron chi connectivity index (χ4n) is 2.43. The Morgan fingerprint density at radius 1 is 1.00 bits per heavy atom. The molecule has 0 heterocycles. The lowest BCUT2D eigenvalue weighted by Crippen LogP contribution is -2.22. The second kappa shape index (κ2) is 6.77. The van der Waals surface area contributed by atoms with Crippen LogP contribution in [-0.2, 0) is 6.54 Å². The Balaban J connectivity index is 2.18. The zero-order valence-electron chi connectivity index (χ0n) is 13.8. The largest absolute Gasteiger partial charge is 0.344 e. The van der Waals surface area contributed by atoms with E-state index in [9.17, 15) is 0 Å². The first-order chi connectivity index (χ1) is 9.97. The highest BCUT2D eigenvalue weighted by Crippen LogP contribution is 2.27. The average molecular weight is 282 g/mol. The van der Waals surface area contributed by atoms with Gasteiger partial charge in [-0.1, -0.05) is 43.7 Å². The number of hydrogen-bond donors (Lipinski definition) is 1. The van der Waals surface area contributed by atoms with Crippen molar-refractivity contribution >= 4 is 11.4 Å². The normalized spacial score (nSPS) is 11.0. The third-order valence-electron chi connectivity index (χ3n) is 3.76. The van der Waals surface area contributed by atoms with Gasteiger partial charge in [0, 0.05) is 31.0 Å². The van der Waals surface area contributed by atoms with Crippen molar-refractivity contribution in [3.8, 4) is 0 Å². The summed E-state index contributed by atoms with van der Waals surface area (Å²) in [5.41, 5.74) is 6.41. The SMILES string of the molecule is Cc1ccc(N(C)c2ccc(CNC(C)C)cc2C)cc1. The van der Waals surface area contributed by atoms with E-state index in [-0.39, 0.29) is 0 Å². The van der Waals surface area contributed by atoms with Crippen LogP contribution >= 0.6 is 0 Å². The molecule has 0 aliphatic carbocycles. The Kier molecular flexibility index (Phi) is 5.03. The summed E-state index contributed by atoms with van der Waals surface area (Å²) >= 11 is 0. The summed E-state index contributed by atoms with van der Waals surface area (Å²) in [5.74, 6) is 0. The first-order valence-corrected chi connectivity index (χ1v) is 7.60. The molecule has 0 fully saturated rings. The summed E-state index contributed by atoms with van der Waals surface area (Å²) in [4.78, 5) is 2.24. The van der Waals surface area contributed by atoms with E-state index >= 15 is 0 Å². The maximum atomic E-state index is 3.46. The molecule has 2 aromatic rings. The molecule has 1 N–H and O–H groups in total.